The maximum Gasteiger partial charge on any atom is 0.307 e. The lowest BCUT2D eigenvalue weighted by Gasteiger charge is -2.10. The highest BCUT2D eigenvalue weighted by Gasteiger charge is 2.19. The molecule has 1 rings (SSSR count). The predicted octanol–water partition coefficient (Wildman–Crippen LogP) is 2.43. The van der Waals surface area contributed by atoms with Gasteiger partial charge in [0.2, 0.25) is 0 Å². The van der Waals surface area contributed by atoms with Crippen molar-refractivity contribution in [2.45, 2.75) is 19.8 Å². The fourth-order valence-corrected chi connectivity index (χ4v) is 1.49. The molecule has 0 spiro atoms. The quantitative estimate of drug-likeness (QED) is 0.859. The molecule has 0 aliphatic heterocycles. The lowest BCUT2D eigenvalue weighted by atomic mass is 9.96. The van der Waals surface area contributed by atoms with Gasteiger partial charge in [-0.05, 0) is 24.1 Å². The second-order valence-corrected chi connectivity index (χ2v) is 3.36. The number of hydrogen-bond donors (Lipinski definition) is 1. The highest BCUT2D eigenvalue weighted by molar-refractivity contribution is 5.72. The smallest absolute Gasteiger partial charge is 0.307 e. The zero-order valence-electron chi connectivity index (χ0n) is 8.50. The van der Waals surface area contributed by atoms with Crippen LogP contribution in [0.25, 0.3) is 0 Å². The summed E-state index contributed by atoms with van der Waals surface area (Å²) in [7, 11) is 0. The lowest BCUT2D eigenvalue weighted by Crippen LogP contribution is -2.07. The van der Waals surface area contributed by atoms with Crippen molar-refractivity contribution in [3.63, 3.8) is 0 Å². The number of carbonyl (C=O) groups is 1. The van der Waals surface area contributed by atoms with E-state index in [1.807, 2.05) is 0 Å². The van der Waals surface area contributed by atoms with Crippen LogP contribution >= 0.6 is 0 Å². The molecule has 1 N–H and O–H groups in total. The Kier molecular flexibility index (Phi) is 3.56. The van der Waals surface area contributed by atoms with Crippen LogP contribution in [0.2, 0.25) is 0 Å². The summed E-state index contributed by atoms with van der Waals surface area (Å²) in [5, 5.41) is 17.4. The van der Waals surface area contributed by atoms with Gasteiger partial charge in [0, 0.05) is 5.56 Å². The van der Waals surface area contributed by atoms with E-state index in [2.05, 4.69) is 0 Å². The molecule has 0 aromatic heterocycles. The Balaban J connectivity index is 3.40. The standard InChI is InChI=1S/C11H9F2NO2/c1-6-2-7(5-14)8(4-10(15)16)9(3-6)11(12)13/h2-3,11H,4H2,1H3,(H,15,16). The number of carboxylic acids is 1. The average Bonchev–Trinajstić information content (AvgIpc) is 2.19. The van der Waals surface area contributed by atoms with Crippen LogP contribution in [0.4, 0.5) is 8.78 Å². The van der Waals surface area contributed by atoms with Crippen LogP contribution in [0.15, 0.2) is 12.1 Å². The first-order chi connectivity index (χ1) is 7.45. The van der Waals surface area contributed by atoms with Gasteiger partial charge in [0.1, 0.15) is 0 Å². The Morgan fingerprint density at radius 1 is 1.56 bits per heavy atom. The molecule has 16 heavy (non-hydrogen) atoms. The molecule has 5 heteroatoms. The SMILES string of the molecule is Cc1cc(C#N)c(CC(=O)O)c(C(F)F)c1. The van der Waals surface area contributed by atoms with Crippen LogP contribution in [-0.2, 0) is 11.2 Å². The number of hydrogen-bond acceptors (Lipinski definition) is 2. The molecule has 0 heterocycles. The van der Waals surface area contributed by atoms with Crippen molar-refractivity contribution >= 4 is 5.97 Å². The number of alkyl halides is 2. The Labute approximate surface area is 90.9 Å². The number of nitriles is 1. The summed E-state index contributed by atoms with van der Waals surface area (Å²) in [6.45, 7) is 1.58. The van der Waals surface area contributed by atoms with Crippen molar-refractivity contribution in [1.29, 1.82) is 5.26 Å². The van der Waals surface area contributed by atoms with Crippen LogP contribution in [-0.4, -0.2) is 11.1 Å². The van der Waals surface area contributed by atoms with Crippen LogP contribution in [0.3, 0.4) is 0 Å². The van der Waals surface area contributed by atoms with Crippen molar-refractivity contribution in [3.05, 3.63) is 34.4 Å². The number of carboxylic acid groups (broad SMARTS) is 1. The van der Waals surface area contributed by atoms with Gasteiger partial charge in [0.15, 0.2) is 0 Å². The van der Waals surface area contributed by atoms with Crippen LogP contribution in [0.5, 0.6) is 0 Å². The van der Waals surface area contributed by atoms with E-state index in [0.29, 0.717) is 5.56 Å². The lowest BCUT2D eigenvalue weighted by molar-refractivity contribution is -0.136. The number of aryl methyl sites for hydroxylation is 1. The van der Waals surface area contributed by atoms with Crippen molar-refractivity contribution in [2.24, 2.45) is 0 Å². The number of benzene rings is 1. The zero-order chi connectivity index (χ0) is 12.3. The fourth-order valence-electron chi connectivity index (χ4n) is 1.49. The Morgan fingerprint density at radius 2 is 2.19 bits per heavy atom. The van der Waals surface area contributed by atoms with Crippen molar-refractivity contribution in [2.75, 3.05) is 0 Å². The second-order valence-electron chi connectivity index (χ2n) is 3.36. The van der Waals surface area contributed by atoms with E-state index in [4.69, 9.17) is 10.4 Å². The van der Waals surface area contributed by atoms with Crippen molar-refractivity contribution < 1.29 is 18.7 Å². The van der Waals surface area contributed by atoms with Gasteiger partial charge in [-0.2, -0.15) is 5.26 Å². The Hall–Kier alpha value is -1.96. The molecular weight excluding hydrogens is 216 g/mol. The normalized spacial score (nSPS) is 10.2. The number of rotatable bonds is 3. The van der Waals surface area contributed by atoms with E-state index >= 15 is 0 Å². The summed E-state index contributed by atoms with van der Waals surface area (Å²) in [6, 6.07) is 4.36. The molecule has 1 aromatic carbocycles. The highest BCUT2D eigenvalue weighted by Crippen LogP contribution is 2.27. The van der Waals surface area contributed by atoms with E-state index in [1.165, 1.54) is 12.1 Å². The minimum Gasteiger partial charge on any atom is -0.481 e. The molecule has 0 atom stereocenters. The van der Waals surface area contributed by atoms with Gasteiger partial charge in [-0.1, -0.05) is 6.07 Å². The van der Waals surface area contributed by atoms with Crippen LogP contribution < -0.4 is 0 Å². The van der Waals surface area contributed by atoms with Crippen molar-refractivity contribution in [1.82, 2.24) is 0 Å². The first kappa shape index (κ1) is 12.1. The van der Waals surface area contributed by atoms with Gasteiger partial charge in [0.05, 0.1) is 18.1 Å². The second kappa shape index (κ2) is 4.71. The minimum atomic E-state index is -2.78. The van der Waals surface area contributed by atoms with Crippen LogP contribution in [0.1, 0.15) is 28.7 Å². The number of aliphatic carboxylic acids is 1. The van der Waals surface area contributed by atoms with Gasteiger partial charge in [-0.3, -0.25) is 4.79 Å². The van der Waals surface area contributed by atoms with Gasteiger partial charge < -0.3 is 5.11 Å². The summed E-state index contributed by atoms with van der Waals surface area (Å²) in [5.74, 6) is -1.23. The first-order valence-electron chi connectivity index (χ1n) is 4.49. The van der Waals surface area contributed by atoms with E-state index in [1.54, 1.807) is 13.0 Å². The number of halogens is 2. The molecule has 0 saturated carbocycles. The van der Waals surface area contributed by atoms with Crippen LogP contribution in [0, 0.1) is 18.3 Å². The third-order valence-electron chi connectivity index (χ3n) is 2.11. The third-order valence-corrected chi connectivity index (χ3v) is 2.11. The molecule has 3 nitrogen and oxygen atoms in total. The average molecular weight is 225 g/mol. The minimum absolute atomic E-state index is 0.00213. The molecule has 0 bridgehead atoms. The molecule has 0 saturated heterocycles. The number of nitrogens with zero attached hydrogens (tertiary/aromatic N) is 1. The van der Waals surface area contributed by atoms with Gasteiger partial charge in [-0.15, -0.1) is 0 Å². The topological polar surface area (TPSA) is 61.1 Å². The molecule has 0 amide bonds. The van der Waals surface area contributed by atoms with E-state index in [9.17, 15) is 13.6 Å². The zero-order valence-corrected chi connectivity index (χ0v) is 8.50. The molecule has 84 valence electrons. The summed E-state index contributed by atoms with van der Waals surface area (Å²) in [5.41, 5.74) is 0.0354. The predicted molar refractivity (Wildman–Crippen MR) is 52.2 cm³/mol. The largest absolute Gasteiger partial charge is 0.481 e. The van der Waals surface area contributed by atoms with Gasteiger partial charge in [-0.25, -0.2) is 8.78 Å². The fraction of sp³-hybridized carbons (Fsp3) is 0.273. The molecule has 1 aromatic rings. The third kappa shape index (κ3) is 2.54. The summed E-state index contributed by atoms with van der Waals surface area (Å²) >= 11 is 0. The van der Waals surface area contributed by atoms with E-state index in [-0.39, 0.29) is 16.7 Å². The highest BCUT2D eigenvalue weighted by atomic mass is 19.3. The molecule has 0 aliphatic rings. The summed E-state index contributed by atoms with van der Waals surface area (Å²) in [4.78, 5) is 10.5. The Bertz CT molecular complexity index is 464. The maximum absolute atomic E-state index is 12.7. The Morgan fingerprint density at radius 3 is 2.62 bits per heavy atom. The monoisotopic (exact) mass is 225 g/mol. The molecular formula is C11H9F2NO2. The van der Waals surface area contributed by atoms with E-state index in [0.717, 1.165) is 0 Å². The van der Waals surface area contributed by atoms with Crippen molar-refractivity contribution in [3.8, 4) is 6.07 Å². The molecule has 0 aliphatic carbocycles. The maximum atomic E-state index is 12.7. The van der Waals surface area contributed by atoms with Gasteiger partial charge in [0.25, 0.3) is 6.43 Å². The molecule has 0 fully saturated rings. The molecule has 0 unspecified atom stereocenters. The van der Waals surface area contributed by atoms with Gasteiger partial charge >= 0.3 is 5.97 Å². The first-order valence-corrected chi connectivity index (χ1v) is 4.49. The van der Waals surface area contributed by atoms with E-state index < -0.39 is 18.8 Å². The summed E-state index contributed by atoms with van der Waals surface area (Å²) < 4.78 is 25.3. The molecule has 0 radical (unpaired) electrons. The summed E-state index contributed by atoms with van der Waals surface area (Å²) in [6.07, 6.45) is -3.34.